The van der Waals surface area contributed by atoms with Gasteiger partial charge in [-0.25, -0.2) is 4.79 Å². The molecule has 5 nitrogen and oxygen atoms in total. The number of carbonyl (C=O) groups is 2. The van der Waals surface area contributed by atoms with Gasteiger partial charge in [0.1, 0.15) is 0 Å². The van der Waals surface area contributed by atoms with E-state index in [2.05, 4.69) is 0 Å². The fourth-order valence-corrected chi connectivity index (χ4v) is 3.51. The Balaban J connectivity index is 1.95. The van der Waals surface area contributed by atoms with Crippen molar-refractivity contribution < 1.29 is 14.7 Å². The molecule has 2 saturated heterocycles. The number of amides is 2. The summed E-state index contributed by atoms with van der Waals surface area (Å²) in [5.74, 6) is 1.29. The van der Waals surface area contributed by atoms with Crippen LogP contribution in [0.15, 0.2) is 0 Å². The molecular weight excluding hydrogens is 252 g/mol. The topological polar surface area (TPSA) is 60.9 Å². The van der Waals surface area contributed by atoms with E-state index in [1.807, 2.05) is 16.7 Å². The second kappa shape index (κ2) is 6.31. The van der Waals surface area contributed by atoms with Gasteiger partial charge >= 0.3 is 12.0 Å². The number of rotatable bonds is 2. The molecule has 2 amide bonds. The Morgan fingerprint density at radius 2 is 2.00 bits per heavy atom. The molecule has 0 aromatic rings. The number of thioether (sulfide) groups is 1. The predicted octanol–water partition coefficient (Wildman–Crippen LogP) is 1.48. The van der Waals surface area contributed by atoms with Crippen LogP contribution in [0.5, 0.6) is 0 Å². The van der Waals surface area contributed by atoms with Gasteiger partial charge in [-0.15, -0.1) is 0 Å². The molecule has 2 aliphatic rings. The van der Waals surface area contributed by atoms with Gasteiger partial charge in [0.2, 0.25) is 0 Å². The van der Waals surface area contributed by atoms with Gasteiger partial charge in [-0.2, -0.15) is 11.8 Å². The molecule has 2 fully saturated rings. The molecule has 2 aliphatic heterocycles. The summed E-state index contributed by atoms with van der Waals surface area (Å²) in [6.07, 6.45) is 2.86. The van der Waals surface area contributed by atoms with Crippen LogP contribution in [0, 0.1) is 0 Å². The molecule has 102 valence electrons. The van der Waals surface area contributed by atoms with E-state index < -0.39 is 5.97 Å². The van der Waals surface area contributed by atoms with E-state index in [0.29, 0.717) is 6.54 Å². The van der Waals surface area contributed by atoms with Crippen molar-refractivity contribution in [3.63, 3.8) is 0 Å². The number of urea groups is 1. The van der Waals surface area contributed by atoms with Crippen molar-refractivity contribution in [2.24, 2.45) is 0 Å². The highest BCUT2D eigenvalue weighted by molar-refractivity contribution is 7.99. The Morgan fingerprint density at radius 1 is 1.17 bits per heavy atom. The lowest BCUT2D eigenvalue weighted by molar-refractivity contribution is -0.138. The fraction of sp³-hybridized carbons (Fsp3) is 0.833. The Hall–Kier alpha value is -0.910. The Morgan fingerprint density at radius 3 is 2.78 bits per heavy atom. The summed E-state index contributed by atoms with van der Waals surface area (Å²) in [6, 6.07) is -0.0628. The number of nitrogens with zero attached hydrogens (tertiary/aromatic N) is 2. The van der Waals surface area contributed by atoms with Crippen molar-refractivity contribution in [1.29, 1.82) is 0 Å². The maximum atomic E-state index is 12.4. The van der Waals surface area contributed by atoms with Crippen molar-refractivity contribution in [2.75, 3.05) is 31.1 Å². The van der Waals surface area contributed by atoms with Gasteiger partial charge in [0.15, 0.2) is 0 Å². The number of hydrogen-bond donors (Lipinski definition) is 1. The fourth-order valence-electron chi connectivity index (χ4n) is 2.62. The van der Waals surface area contributed by atoms with Crippen molar-refractivity contribution in [3.05, 3.63) is 0 Å². The first-order valence-corrected chi connectivity index (χ1v) is 7.69. The Labute approximate surface area is 112 Å². The van der Waals surface area contributed by atoms with Crippen LogP contribution in [0.1, 0.15) is 25.7 Å². The third-order valence-electron chi connectivity index (χ3n) is 3.53. The molecule has 1 unspecified atom stereocenters. The number of carbonyl (C=O) groups excluding carboxylic acids is 1. The van der Waals surface area contributed by atoms with Crippen molar-refractivity contribution >= 4 is 23.8 Å². The molecule has 2 rings (SSSR count). The summed E-state index contributed by atoms with van der Waals surface area (Å²) < 4.78 is 0. The van der Waals surface area contributed by atoms with Gasteiger partial charge in [0, 0.05) is 31.4 Å². The highest BCUT2D eigenvalue weighted by Crippen LogP contribution is 2.22. The molecule has 0 spiro atoms. The monoisotopic (exact) mass is 272 g/mol. The summed E-state index contributed by atoms with van der Waals surface area (Å²) in [5, 5.41) is 8.87. The van der Waals surface area contributed by atoms with Crippen LogP contribution in [0.4, 0.5) is 4.79 Å². The van der Waals surface area contributed by atoms with Crippen LogP contribution < -0.4 is 0 Å². The zero-order valence-electron chi connectivity index (χ0n) is 10.5. The Kier molecular flexibility index (Phi) is 4.74. The SMILES string of the molecule is O=C(O)CC1CCCN1C(=O)N1CCCSCC1. The molecule has 6 heteroatoms. The summed E-state index contributed by atoms with van der Waals surface area (Å²) in [7, 11) is 0. The van der Waals surface area contributed by atoms with Gasteiger partial charge in [0.05, 0.1) is 6.42 Å². The van der Waals surface area contributed by atoms with Crippen molar-refractivity contribution in [3.8, 4) is 0 Å². The van der Waals surface area contributed by atoms with Crippen molar-refractivity contribution in [1.82, 2.24) is 9.80 Å². The average molecular weight is 272 g/mol. The largest absolute Gasteiger partial charge is 0.481 e. The first-order valence-electron chi connectivity index (χ1n) is 6.53. The molecule has 0 aromatic heterocycles. The number of carboxylic acids is 1. The molecule has 1 N–H and O–H groups in total. The van der Waals surface area contributed by atoms with Crippen LogP contribution in [0.3, 0.4) is 0 Å². The summed E-state index contributed by atoms with van der Waals surface area (Å²) in [6.45, 7) is 2.31. The van der Waals surface area contributed by atoms with Crippen LogP contribution in [0.25, 0.3) is 0 Å². The molecule has 0 aromatic carbocycles. The lowest BCUT2D eigenvalue weighted by Crippen LogP contribution is -2.46. The zero-order chi connectivity index (χ0) is 13.0. The first kappa shape index (κ1) is 13.5. The molecule has 2 heterocycles. The number of hydrogen-bond acceptors (Lipinski definition) is 3. The van der Waals surface area contributed by atoms with Gasteiger partial charge in [-0.1, -0.05) is 0 Å². The molecule has 18 heavy (non-hydrogen) atoms. The molecular formula is C12H20N2O3S. The van der Waals surface area contributed by atoms with E-state index in [9.17, 15) is 9.59 Å². The highest BCUT2D eigenvalue weighted by Gasteiger charge is 2.33. The minimum Gasteiger partial charge on any atom is -0.481 e. The van der Waals surface area contributed by atoms with Crippen LogP contribution >= 0.6 is 11.8 Å². The second-order valence-corrected chi connectivity index (χ2v) is 6.05. The maximum absolute atomic E-state index is 12.4. The smallest absolute Gasteiger partial charge is 0.320 e. The third kappa shape index (κ3) is 3.31. The first-order chi connectivity index (χ1) is 8.68. The average Bonchev–Trinajstić information content (AvgIpc) is 2.63. The van der Waals surface area contributed by atoms with Crippen LogP contribution in [0.2, 0.25) is 0 Å². The van der Waals surface area contributed by atoms with Crippen LogP contribution in [-0.4, -0.2) is 64.1 Å². The molecule has 0 bridgehead atoms. The molecule has 1 atom stereocenters. The second-order valence-electron chi connectivity index (χ2n) is 4.82. The lowest BCUT2D eigenvalue weighted by atomic mass is 10.1. The van der Waals surface area contributed by atoms with Gasteiger partial charge in [0.25, 0.3) is 0 Å². The third-order valence-corrected chi connectivity index (χ3v) is 4.57. The minimum absolute atomic E-state index is 0.0428. The van der Waals surface area contributed by atoms with E-state index in [0.717, 1.165) is 43.9 Å². The standard InChI is InChI=1S/C12H20N2O3S/c15-11(16)9-10-3-1-5-14(10)12(17)13-4-2-7-18-8-6-13/h10H,1-9H2,(H,15,16). The molecule has 0 saturated carbocycles. The van der Waals surface area contributed by atoms with Gasteiger partial charge in [-0.3, -0.25) is 4.79 Å². The molecule has 0 radical (unpaired) electrons. The molecule has 0 aliphatic carbocycles. The predicted molar refractivity (Wildman–Crippen MR) is 70.9 cm³/mol. The van der Waals surface area contributed by atoms with Crippen molar-refractivity contribution in [2.45, 2.75) is 31.7 Å². The number of aliphatic carboxylic acids is 1. The normalized spacial score (nSPS) is 25.0. The zero-order valence-corrected chi connectivity index (χ0v) is 11.3. The van der Waals surface area contributed by atoms with E-state index in [4.69, 9.17) is 5.11 Å². The number of carboxylic acid groups (broad SMARTS) is 1. The minimum atomic E-state index is -0.814. The summed E-state index contributed by atoms with van der Waals surface area (Å²) >= 11 is 1.88. The summed E-state index contributed by atoms with van der Waals surface area (Å²) in [4.78, 5) is 26.9. The van der Waals surface area contributed by atoms with Gasteiger partial charge in [-0.05, 0) is 25.0 Å². The maximum Gasteiger partial charge on any atom is 0.320 e. The number of likely N-dealkylation sites (tertiary alicyclic amines) is 1. The van der Waals surface area contributed by atoms with Crippen LogP contribution in [-0.2, 0) is 4.79 Å². The summed E-state index contributed by atoms with van der Waals surface area (Å²) in [5.41, 5.74) is 0. The van der Waals surface area contributed by atoms with E-state index in [1.165, 1.54) is 0 Å². The van der Waals surface area contributed by atoms with E-state index >= 15 is 0 Å². The quantitative estimate of drug-likeness (QED) is 0.827. The van der Waals surface area contributed by atoms with E-state index in [1.54, 1.807) is 4.90 Å². The highest BCUT2D eigenvalue weighted by atomic mass is 32.2. The lowest BCUT2D eigenvalue weighted by Gasteiger charge is -2.30. The Bertz CT molecular complexity index is 316. The van der Waals surface area contributed by atoms with Gasteiger partial charge < -0.3 is 14.9 Å². The van der Waals surface area contributed by atoms with E-state index in [-0.39, 0.29) is 18.5 Å².